The lowest BCUT2D eigenvalue weighted by Gasteiger charge is -2.33. The molecule has 1 N–H and O–H groups in total. The molecule has 116 valence electrons. The van der Waals surface area contributed by atoms with Crippen molar-refractivity contribution in [1.82, 2.24) is 9.78 Å². The molecule has 21 heavy (non-hydrogen) atoms. The minimum absolute atomic E-state index is 0.0505. The van der Waals surface area contributed by atoms with E-state index in [1.165, 1.54) is 0 Å². The van der Waals surface area contributed by atoms with Gasteiger partial charge in [-0.2, -0.15) is 18.3 Å². The summed E-state index contributed by atoms with van der Waals surface area (Å²) in [5.41, 5.74) is 0.0662. The third kappa shape index (κ3) is 2.58. The maximum atomic E-state index is 13.2. The predicted molar refractivity (Wildman–Crippen MR) is 68.0 cm³/mol. The first-order chi connectivity index (χ1) is 9.91. The molecule has 0 aromatic carbocycles. The normalized spacial score (nSPS) is 25.1. The van der Waals surface area contributed by atoms with Crippen LogP contribution in [0.2, 0.25) is 0 Å². The molecule has 0 radical (unpaired) electrons. The quantitative estimate of drug-likeness (QED) is 0.872. The van der Waals surface area contributed by atoms with Crippen LogP contribution in [0.15, 0.2) is 6.20 Å². The van der Waals surface area contributed by atoms with Crippen molar-refractivity contribution >= 4 is 11.8 Å². The van der Waals surface area contributed by atoms with Gasteiger partial charge < -0.3 is 10.1 Å². The fourth-order valence-electron chi connectivity index (χ4n) is 2.76. The third-order valence-corrected chi connectivity index (χ3v) is 3.95. The third-order valence-electron chi connectivity index (χ3n) is 3.95. The number of hydrogen-bond acceptors (Lipinski definition) is 4. The highest BCUT2D eigenvalue weighted by Gasteiger charge is 2.49. The van der Waals surface area contributed by atoms with Gasteiger partial charge in [0.25, 0.3) is 0 Å². The molecule has 1 fully saturated rings. The number of halogens is 3. The van der Waals surface area contributed by atoms with Crippen molar-refractivity contribution in [3.8, 4) is 0 Å². The highest BCUT2D eigenvalue weighted by Crippen LogP contribution is 2.46. The van der Waals surface area contributed by atoms with Crippen molar-refractivity contribution < 1.29 is 22.7 Å². The molecule has 1 aromatic rings. The molecule has 0 bridgehead atoms. The second-order valence-electron chi connectivity index (χ2n) is 5.45. The topological polar surface area (TPSA) is 56.1 Å². The van der Waals surface area contributed by atoms with Crippen LogP contribution in [-0.4, -0.2) is 34.6 Å². The molecule has 1 aliphatic carbocycles. The molecule has 8 heteroatoms. The minimum Gasteiger partial charge on any atom is -0.462 e. The van der Waals surface area contributed by atoms with E-state index in [-0.39, 0.29) is 36.4 Å². The molecular weight excluding hydrogens is 287 g/mol. The summed E-state index contributed by atoms with van der Waals surface area (Å²) in [6.07, 6.45) is -1.45. The number of carbonyl (C=O) groups excluding carboxylic acids is 1. The smallest absolute Gasteiger partial charge is 0.410 e. The van der Waals surface area contributed by atoms with Crippen molar-refractivity contribution in [2.24, 2.45) is 5.92 Å². The average Bonchev–Trinajstić information content (AvgIpc) is 3.16. The Labute approximate surface area is 119 Å². The van der Waals surface area contributed by atoms with E-state index in [4.69, 9.17) is 4.74 Å². The van der Waals surface area contributed by atoms with Crippen molar-refractivity contribution in [2.75, 3.05) is 11.9 Å². The van der Waals surface area contributed by atoms with Crippen molar-refractivity contribution in [1.29, 1.82) is 0 Å². The molecule has 3 rings (SSSR count). The number of alkyl halides is 3. The van der Waals surface area contributed by atoms with Gasteiger partial charge in [-0.25, -0.2) is 9.48 Å². The highest BCUT2D eigenvalue weighted by atomic mass is 19.4. The van der Waals surface area contributed by atoms with Crippen molar-refractivity contribution in [3.63, 3.8) is 0 Å². The van der Waals surface area contributed by atoms with E-state index in [2.05, 4.69) is 10.4 Å². The molecule has 1 saturated carbocycles. The zero-order valence-corrected chi connectivity index (χ0v) is 11.5. The summed E-state index contributed by atoms with van der Waals surface area (Å²) >= 11 is 0. The lowest BCUT2D eigenvalue weighted by atomic mass is 9.99. The summed E-state index contributed by atoms with van der Waals surface area (Å²) in [6.45, 7) is 1.81. The first-order valence-corrected chi connectivity index (χ1v) is 6.99. The van der Waals surface area contributed by atoms with E-state index in [0.29, 0.717) is 0 Å². The lowest BCUT2D eigenvalue weighted by Crippen LogP contribution is -2.40. The van der Waals surface area contributed by atoms with Gasteiger partial charge in [-0.1, -0.05) is 0 Å². The molecule has 0 unspecified atom stereocenters. The second kappa shape index (κ2) is 4.92. The van der Waals surface area contributed by atoms with E-state index in [1.807, 2.05) is 0 Å². The van der Waals surface area contributed by atoms with Crippen LogP contribution in [0, 0.1) is 5.92 Å². The van der Waals surface area contributed by atoms with E-state index in [0.717, 1.165) is 23.7 Å². The van der Waals surface area contributed by atoms with Crippen LogP contribution in [0.5, 0.6) is 0 Å². The highest BCUT2D eigenvalue weighted by molar-refractivity contribution is 5.94. The summed E-state index contributed by atoms with van der Waals surface area (Å²) in [5.74, 6) is -0.281. The molecule has 0 saturated heterocycles. The number of ether oxygens (including phenoxy) is 1. The maximum absolute atomic E-state index is 13.2. The number of anilines is 1. The van der Waals surface area contributed by atoms with Gasteiger partial charge >= 0.3 is 12.1 Å². The van der Waals surface area contributed by atoms with Gasteiger partial charge in [-0.15, -0.1) is 0 Å². The molecule has 0 spiro atoms. The summed E-state index contributed by atoms with van der Waals surface area (Å²) in [7, 11) is 0. The van der Waals surface area contributed by atoms with Crippen LogP contribution in [0.4, 0.5) is 19.0 Å². The first kappa shape index (κ1) is 14.2. The Kier molecular flexibility index (Phi) is 3.33. The molecule has 1 aromatic heterocycles. The maximum Gasteiger partial charge on any atom is 0.410 e. The van der Waals surface area contributed by atoms with Gasteiger partial charge in [0, 0.05) is 6.04 Å². The van der Waals surface area contributed by atoms with Gasteiger partial charge in [0.05, 0.1) is 12.8 Å². The van der Waals surface area contributed by atoms with Crippen molar-refractivity contribution in [2.45, 2.75) is 44.4 Å². The SMILES string of the molecule is CCOC(=O)c1cnn2c1N[C@@H](C1CC1)C[C@H]2C(F)(F)F. The Hall–Kier alpha value is -1.73. The van der Waals surface area contributed by atoms with Gasteiger partial charge in [0.2, 0.25) is 0 Å². The van der Waals surface area contributed by atoms with E-state index in [1.54, 1.807) is 6.92 Å². The number of esters is 1. The summed E-state index contributed by atoms with van der Waals surface area (Å²) < 4.78 is 45.4. The van der Waals surface area contributed by atoms with Gasteiger partial charge in [-0.05, 0) is 32.1 Å². The molecule has 5 nitrogen and oxygen atoms in total. The second-order valence-corrected chi connectivity index (χ2v) is 5.45. The Bertz CT molecular complexity index is 551. The largest absolute Gasteiger partial charge is 0.462 e. The van der Waals surface area contributed by atoms with Gasteiger partial charge in [0.15, 0.2) is 6.04 Å². The average molecular weight is 303 g/mol. The molecule has 0 amide bonds. The van der Waals surface area contributed by atoms with Crippen LogP contribution in [-0.2, 0) is 4.74 Å². The van der Waals surface area contributed by atoms with Crippen LogP contribution in [0.25, 0.3) is 0 Å². The number of nitrogens with zero attached hydrogens (tertiary/aromatic N) is 2. The van der Waals surface area contributed by atoms with E-state index in [9.17, 15) is 18.0 Å². The van der Waals surface area contributed by atoms with Crippen LogP contribution >= 0.6 is 0 Å². The number of hydrogen-bond donors (Lipinski definition) is 1. The lowest BCUT2D eigenvalue weighted by molar-refractivity contribution is -0.174. The fraction of sp³-hybridized carbons (Fsp3) is 0.692. The van der Waals surface area contributed by atoms with Crippen molar-refractivity contribution in [3.05, 3.63) is 11.8 Å². The summed E-state index contributed by atoms with van der Waals surface area (Å²) in [4.78, 5) is 11.8. The molecule has 2 heterocycles. The minimum atomic E-state index is -4.39. The zero-order chi connectivity index (χ0) is 15.2. The van der Waals surface area contributed by atoms with Crippen LogP contribution in [0.3, 0.4) is 0 Å². The number of carbonyl (C=O) groups is 1. The number of nitrogens with one attached hydrogen (secondary N) is 1. The molecular formula is C13H16F3N3O2. The van der Waals surface area contributed by atoms with Gasteiger partial charge in [-0.3, -0.25) is 0 Å². The summed E-state index contributed by atoms with van der Waals surface area (Å²) in [6, 6.07) is -1.96. The molecule has 2 atom stereocenters. The standard InChI is InChI=1S/C13H16F3N3O2/c1-2-21-12(20)8-6-17-19-10(13(14,15)16)5-9(7-3-4-7)18-11(8)19/h6-7,9-10,18H,2-5H2,1H3/t9-,10+/m1/s1. The summed E-state index contributed by atoms with van der Waals surface area (Å²) in [5, 5.41) is 6.80. The Morgan fingerprint density at radius 1 is 1.52 bits per heavy atom. The van der Waals surface area contributed by atoms with Crippen LogP contribution in [0.1, 0.15) is 42.6 Å². The number of fused-ring (bicyclic) bond motifs is 1. The Morgan fingerprint density at radius 3 is 2.81 bits per heavy atom. The Balaban J connectivity index is 1.97. The zero-order valence-electron chi connectivity index (χ0n) is 11.5. The van der Waals surface area contributed by atoms with E-state index < -0.39 is 18.2 Å². The van der Waals surface area contributed by atoms with Crippen LogP contribution < -0.4 is 5.32 Å². The number of rotatable bonds is 3. The predicted octanol–water partition coefficient (Wildman–Crippen LogP) is 2.76. The monoisotopic (exact) mass is 303 g/mol. The fourth-order valence-corrected chi connectivity index (χ4v) is 2.76. The number of aromatic nitrogens is 2. The molecule has 1 aliphatic heterocycles. The molecule has 2 aliphatic rings. The first-order valence-electron chi connectivity index (χ1n) is 6.99. The van der Waals surface area contributed by atoms with E-state index >= 15 is 0 Å². The van der Waals surface area contributed by atoms with Gasteiger partial charge in [0.1, 0.15) is 11.4 Å². The Morgan fingerprint density at radius 2 is 2.24 bits per heavy atom.